The molecule has 0 aliphatic heterocycles. The van der Waals surface area contributed by atoms with Gasteiger partial charge in [0.05, 0.1) is 24.4 Å². The van der Waals surface area contributed by atoms with E-state index in [1.165, 1.54) is 32.4 Å². The second-order valence-electron chi connectivity index (χ2n) is 4.10. The molecular formula is C15H12BrNO4. The Morgan fingerprint density at radius 1 is 1.14 bits per heavy atom. The first-order valence-corrected chi connectivity index (χ1v) is 6.79. The van der Waals surface area contributed by atoms with E-state index in [2.05, 4.69) is 20.9 Å². The van der Waals surface area contributed by atoms with Gasteiger partial charge in [-0.25, -0.2) is 4.99 Å². The van der Waals surface area contributed by atoms with Crippen molar-refractivity contribution in [3.63, 3.8) is 0 Å². The minimum absolute atomic E-state index is 0.160. The van der Waals surface area contributed by atoms with Crippen LogP contribution in [0.1, 0.15) is 10.4 Å². The van der Waals surface area contributed by atoms with Crippen LogP contribution < -0.4 is 9.47 Å². The van der Waals surface area contributed by atoms with Crippen molar-refractivity contribution in [3.05, 3.63) is 46.5 Å². The third kappa shape index (κ3) is 3.46. The van der Waals surface area contributed by atoms with Crippen molar-refractivity contribution < 1.29 is 19.1 Å². The van der Waals surface area contributed by atoms with Gasteiger partial charge in [0.1, 0.15) is 0 Å². The molecule has 0 saturated carbocycles. The largest absolute Gasteiger partial charge is 0.493 e. The summed E-state index contributed by atoms with van der Waals surface area (Å²) < 4.78 is 10.6. The van der Waals surface area contributed by atoms with Gasteiger partial charge >= 0.3 is 0 Å². The highest BCUT2D eigenvalue weighted by Gasteiger charge is 2.13. The highest BCUT2D eigenvalue weighted by Crippen LogP contribution is 2.27. The molecule has 0 heterocycles. The number of carbonyl (C=O) groups excluding carboxylic acids is 2. The van der Waals surface area contributed by atoms with Crippen LogP contribution in [0.4, 0.5) is 0 Å². The van der Waals surface area contributed by atoms with Crippen molar-refractivity contribution in [2.75, 3.05) is 14.2 Å². The fourth-order valence-electron chi connectivity index (χ4n) is 1.71. The quantitative estimate of drug-likeness (QED) is 0.787. The van der Waals surface area contributed by atoms with Crippen molar-refractivity contribution >= 4 is 33.3 Å². The molecule has 0 N–H and O–H groups in total. The van der Waals surface area contributed by atoms with Crippen LogP contribution in [-0.4, -0.2) is 31.6 Å². The van der Waals surface area contributed by atoms with Gasteiger partial charge in [-0.2, -0.15) is 0 Å². The normalized spacial score (nSPS) is 15.9. The number of hydrogen-bond donors (Lipinski definition) is 0. The van der Waals surface area contributed by atoms with Gasteiger partial charge in [-0.1, -0.05) is 0 Å². The Bertz CT molecular complexity index is 689. The van der Waals surface area contributed by atoms with Crippen molar-refractivity contribution in [1.82, 2.24) is 0 Å². The van der Waals surface area contributed by atoms with E-state index in [9.17, 15) is 9.59 Å². The number of amides is 1. The number of methoxy groups -OCH3 is 2. The van der Waals surface area contributed by atoms with E-state index in [-0.39, 0.29) is 5.78 Å². The lowest BCUT2D eigenvalue weighted by molar-refractivity contribution is -0.110. The van der Waals surface area contributed by atoms with Crippen LogP contribution >= 0.6 is 15.9 Å². The van der Waals surface area contributed by atoms with E-state index < -0.39 is 5.91 Å². The number of nitrogens with zero attached hydrogens (tertiary/aromatic N) is 1. The zero-order chi connectivity index (χ0) is 15.4. The molecule has 1 aromatic carbocycles. The maximum absolute atomic E-state index is 12.1. The van der Waals surface area contributed by atoms with Crippen LogP contribution in [0.25, 0.3) is 0 Å². The van der Waals surface area contributed by atoms with E-state index in [1.54, 1.807) is 18.2 Å². The number of ether oxygens (including phenoxy) is 2. The van der Waals surface area contributed by atoms with E-state index in [0.717, 1.165) is 0 Å². The minimum atomic E-state index is -0.429. The first kappa shape index (κ1) is 15.2. The molecule has 5 nitrogen and oxygen atoms in total. The van der Waals surface area contributed by atoms with Crippen molar-refractivity contribution in [3.8, 4) is 11.5 Å². The highest BCUT2D eigenvalue weighted by molar-refractivity contribution is 9.12. The summed E-state index contributed by atoms with van der Waals surface area (Å²) >= 11 is 3.11. The number of aliphatic imine (C=N–C) groups is 1. The smallest absolute Gasteiger partial charge is 0.277 e. The van der Waals surface area contributed by atoms with Crippen LogP contribution in [0.2, 0.25) is 0 Å². The van der Waals surface area contributed by atoms with Crippen LogP contribution in [0.15, 0.2) is 45.9 Å². The molecule has 0 unspecified atom stereocenters. The summed E-state index contributed by atoms with van der Waals surface area (Å²) in [5.74, 6) is 0.399. The second kappa shape index (κ2) is 6.49. The number of rotatable bonds is 3. The van der Waals surface area contributed by atoms with Gasteiger partial charge in [-0.05, 0) is 52.4 Å². The molecule has 0 saturated heterocycles. The topological polar surface area (TPSA) is 65.0 Å². The molecular weight excluding hydrogens is 338 g/mol. The fraction of sp³-hybridized carbons (Fsp3) is 0.133. The second-order valence-corrected chi connectivity index (χ2v) is 4.96. The Kier molecular flexibility index (Phi) is 4.70. The molecule has 1 aliphatic rings. The first-order valence-electron chi connectivity index (χ1n) is 6.00. The standard InChI is InChI=1S/C15H12BrNO4/c1-20-13-6-3-9(7-14(13)21-2)15(19)17-10-4-5-12(18)11(16)8-10/h3-8H,1-2H3. The van der Waals surface area contributed by atoms with Gasteiger partial charge in [0.2, 0.25) is 0 Å². The van der Waals surface area contributed by atoms with Crippen molar-refractivity contribution in [1.29, 1.82) is 0 Å². The first-order chi connectivity index (χ1) is 10.0. The molecule has 0 fully saturated rings. The van der Waals surface area contributed by atoms with Gasteiger partial charge in [0.15, 0.2) is 17.3 Å². The molecule has 0 aromatic heterocycles. The van der Waals surface area contributed by atoms with E-state index in [4.69, 9.17) is 9.47 Å². The summed E-state index contributed by atoms with van der Waals surface area (Å²) in [7, 11) is 3.01. The van der Waals surface area contributed by atoms with Gasteiger partial charge in [0, 0.05) is 5.56 Å². The molecule has 1 aromatic rings. The minimum Gasteiger partial charge on any atom is -0.493 e. The lowest BCUT2D eigenvalue weighted by Crippen LogP contribution is -2.06. The van der Waals surface area contributed by atoms with E-state index in [0.29, 0.717) is 27.3 Å². The van der Waals surface area contributed by atoms with Crippen molar-refractivity contribution in [2.24, 2.45) is 4.99 Å². The highest BCUT2D eigenvalue weighted by atomic mass is 79.9. The molecule has 21 heavy (non-hydrogen) atoms. The summed E-state index contributed by atoms with van der Waals surface area (Å²) in [5.41, 5.74) is 0.774. The molecule has 0 atom stereocenters. The average molecular weight is 350 g/mol. The predicted octanol–water partition coefficient (Wildman–Crippen LogP) is 2.70. The van der Waals surface area contributed by atoms with Crippen LogP contribution in [0.5, 0.6) is 11.5 Å². The maximum atomic E-state index is 12.1. The summed E-state index contributed by atoms with van der Waals surface area (Å²) in [4.78, 5) is 27.4. The predicted molar refractivity (Wildman–Crippen MR) is 82.5 cm³/mol. The maximum Gasteiger partial charge on any atom is 0.277 e. The average Bonchev–Trinajstić information content (AvgIpc) is 2.50. The van der Waals surface area contributed by atoms with Gasteiger partial charge in [-0.15, -0.1) is 0 Å². The Morgan fingerprint density at radius 2 is 1.86 bits per heavy atom. The molecule has 2 rings (SSSR count). The van der Waals surface area contributed by atoms with Crippen LogP contribution in [0, 0.1) is 0 Å². The Morgan fingerprint density at radius 3 is 2.48 bits per heavy atom. The van der Waals surface area contributed by atoms with Crippen LogP contribution in [0.3, 0.4) is 0 Å². The number of carbonyl (C=O) groups is 2. The molecule has 0 bridgehead atoms. The Balaban J connectivity index is 2.29. The summed E-state index contributed by atoms with van der Waals surface area (Å²) in [6.07, 6.45) is 4.34. The van der Waals surface area contributed by atoms with Crippen LogP contribution in [-0.2, 0) is 4.79 Å². The molecule has 6 heteroatoms. The molecule has 0 radical (unpaired) electrons. The SMILES string of the molecule is COc1ccc(C(=O)N=C2C=CC(=O)C(Br)=C2)cc1OC. The summed E-state index contributed by atoms with van der Waals surface area (Å²) in [5, 5.41) is 0. The number of benzene rings is 1. The van der Waals surface area contributed by atoms with E-state index in [1.807, 2.05) is 0 Å². The lowest BCUT2D eigenvalue weighted by Gasteiger charge is -2.08. The lowest BCUT2D eigenvalue weighted by atomic mass is 10.1. The number of ketones is 1. The number of halogens is 1. The number of hydrogen-bond acceptors (Lipinski definition) is 4. The number of allylic oxidation sites excluding steroid dienone is 4. The zero-order valence-electron chi connectivity index (χ0n) is 11.4. The molecule has 108 valence electrons. The third-order valence-corrected chi connectivity index (χ3v) is 3.40. The van der Waals surface area contributed by atoms with Gasteiger partial charge in [-0.3, -0.25) is 9.59 Å². The van der Waals surface area contributed by atoms with Gasteiger partial charge in [0.25, 0.3) is 5.91 Å². The third-order valence-electron chi connectivity index (χ3n) is 2.78. The zero-order valence-corrected chi connectivity index (χ0v) is 13.0. The van der Waals surface area contributed by atoms with Crippen molar-refractivity contribution in [2.45, 2.75) is 0 Å². The molecule has 1 amide bonds. The fourth-order valence-corrected chi connectivity index (χ4v) is 2.08. The summed E-state index contributed by atoms with van der Waals surface area (Å²) in [6, 6.07) is 4.80. The molecule has 0 spiro atoms. The van der Waals surface area contributed by atoms with E-state index >= 15 is 0 Å². The Hall–Kier alpha value is -2.21. The van der Waals surface area contributed by atoms with Gasteiger partial charge < -0.3 is 9.47 Å². The summed E-state index contributed by atoms with van der Waals surface area (Å²) in [6.45, 7) is 0. The monoisotopic (exact) mass is 349 g/mol. The molecule has 1 aliphatic carbocycles. The Labute approximate surface area is 130 Å².